The largest absolute Gasteiger partial charge is 0.378 e. The first-order valence-electron chi connectivity index (χ1n) is 8.49. The SMILES string of the molecule is c1ccc(CCNc2nc(N3CCOCC3)c3nccnc3n2)cc1. The molecule has 0 unspecified atom stereocenters. The van der Waals surface area contributed by atoms with Crippen LogP contribution in [0.25, 0.3) is 11.2 Å². The molecule has 0 bridgehead atoms. The van der Waals surface area contributed by atoms with Crippen molar-refractivity contribution in [2.45, 2.75) is 6.42 Å². The van der Waals surface area contributed by atoms with Crippen LogP contribution in [0.2, 0.25) is 0 Å². The van der Waals surface area contributed by atoms with Crippen molar-refractivity contribution >= 4 is 22.9 Å². The number of benzene rings is 1. The van der Waals surface area contributed by atoms with Gasteiger partial charge in [-0.3, -0.25) is 0 Å². The fraction of sp³-hybridized carbons (Fsp3) is 0.333. The summed E-state index contributed by atoms with van der Waals surface area (Å²) in [4.78, 5) is 20.2. The molecule has 25 heavy (non-hydrogen) atoms. The van der Waals surface area contributed by atoms with Crippen LogP contribution in [0.3, 0.4) is 0 Å². The van der Waals surface area contributed by atoms with Crippen LogP contribution in [-0.2, 0) is 11.2 Å². The van der Waals surface area contributed by atoms with E-state index in [0.717, 1.165) is 37.4 Å². The second kappa shape index (κ2) is 7.40. The van der Waals surface area contributed by atoms with Gasteiger partial charge in [-0.2, -0.15) is 9.97 Å². The monoisotopic (exact) mass is 336 g/mol. The van der Waals surface area contributed by atoms with E-state index in [9.17, 15) is 0 Å². The Kier molecular flexibility index (Phi) is 4.65. The van der Waals surface area contributed by atoms with Gasteiger partial charge >= 0.3 is 0 Å². The van der Waals surface area contributed by atoms with Crippen LogP contribution in [0, 0.1) is 0 Å². The number of morpholine rings is 1. The number of rotatable bonds is 5. The molecule has 0 amide bonds. The van der Waals surface area contributed by atoms with Crippen LogP contribution in [0.15, 0.2) is 42.7 Å². The molecule has 1 saturated heterocycles. The van der Waals surface area contributed by atoms with E-state index in [0.29, 0.717) is 24.8 Å². The molecule has 1 aliphatic heterocycles. The summed E-state index contributed by atoms with van der Waals surface area (Å²) in [6.45, 7) is 3.75. The summed E-state index contributed by atoms with van der Waals surface area (Å²) >= 11 is 0. The van der Waals surface area contributed by atoms with Crippen molar-refractivity contribution in [1.29, 1.82) is 0 Å². The molecule has 0 aliphatic carbocycles. The van der Waals surface area contributed by atoms with Crippen molar-refractivity contribution in [3.05, 3.63) is 48.3 Å². The lowest BCUT2D eigenvalue weighted by molar-refractivity contribution is 0.122. The lowest BCUT2D eigenvalue weighted by Crippen LogP contribution is -2.37. The molecule has 7 heteroatoms. The highest BCUT2D eigenvalue weighted by Gasteiger charge is 2.18. The Hall–Kier alpha value is -2.80. The molecule has 0 spiro atoms. The highest BCUT2D eigenvalue weighted by molar-refractivity contribution is 5.83. The van der Waals surface area contributed by atoms with Gasteiger partial charge in [0.05, 0.1) is 13.2 Å². The van der Waals surface area contributed by atoms with Crippen LogP contribution in [-0.4, -0.2) is 52.8 Å². The van der Waals surface area contributed by atoms with Gasteiger partial charge in [0.2, 0.25) is 5.95 Å². The molecule has 1 N–H and O–H groups in total. The maximum Gasteiger partial charge on any atom is 0.226 e. The molecule has 3 heterocycles. The molecule has 1 aromatic carbocycles. The number of fused-ring (bicyclic) bond motifs is 1. The number of anilines is 2. The molecule has 128 valence electrons. The number of nitrogens with one attached hydrogen (secondary N) is 1. The molecule has 0 saturated carbocycles. The highest BCUT2D eigenvalue weighted by Crippen LogP contribution is 2.23. The van der Waals surface area contributed by atoms with E-state index in [1.807, 2.05) is 18.2 Å². The third-order valence-corrected chi connectivity index (χ3v) is 4.16. The van der Waals surface area contributed by atoms with E-state index in [-0.39, 0.29) is 0 Å². The molecule has 2 aromatic heterocycles. The topological polar surface area (TPSA) is 76.1 Å². The van der Waals surface area contributed by atoms with E-state index in [1.165, 1.54) is 5.56 Å². The van der Waals surface area contributed by atoms with Crippen LogP contribution in [0.1, 0.15) is 5.56 Å². The maximum atomic E-state index is 5.44. The van der Waals surface area contributed by atoms with Gasteiger partial charge in [-0.1, -0.05) is 30.3 Å². The molecule has 1 aliphatic rings. The minimum absolute atomic E-state index is 0.588. The van der Waals surface area contributed by atoms with Crippen LogP contribution in [0.4, 0.5) is 11.8 Å². The molecule has 1 fully saturated rings. The van der Waals surface area contributed by atoms with Gasteiger partial charge in [0.15, 0.2) is 17.0 Å². The van der Waals surface area contributed by atoms with Gasteiger partial charge in [-0.25, -0.2) is 9.97 Å². The number of hydrogen-bond acceptors (Lipinski definition) is 7. The van der Waals surface area contributed by atoms with Gasteiger partial charge < -0.3 is 15.0 Å². The van der Waals surface area contributed by atoms with Crippen LogP contribution < -0.4 is 10.2 Å². The highest BCUT2D eigenvalue weighted by atomic mass is 16.5. The van der Waals surface area contributed by atoms with Crippen LogP contribution in [0.5, 0.6) is 0 Å². The normalized spacial score (nSPS) is 14.6. The smallest absolute Gasteiger partial charge is 0.226 e. The van der Waals surface area contributed by atoms with Crippen molar-refractivity contribution in [3.63, 3.8) is 0 Å². The summed E-state index contributed by atoms with van der Waals surface area (Å²) in [5.41, 5.74) is 2.63. The van der Waals surface area contributed by atoms with Gasteiger partial charge in [-0.15, -0.1) is 0 Å². The molecule has 0 radical (unpaired) electrons. The molecule has 7 nitrogen and oxygen atoms in total. The zero-order valence-corrected chi connectivity index (χ0v) is 13.9. The Labute approximate surface area is 146 Å². The quantitative estimate of drug-likeness (QED) is 0.762. The van der Waals surface area contributed by atoms with E-state index >= 15 is 0 Å². The standard InChI is InChI=1S/C18H20N6O/c1-2-4-14(5-3-1)6-7-21-18-22-16-15(19-8-9-20-16)17(23-18)24-10-12-25-13-11-24/h1-5,8-9H,6-7,10-13H2,(H,20,21,22,23). The minimum Gasteiger partial charge on any atom is -0.378 e. The third-order valence-electron chi connectivity index (χ3n) is 4.16. The molecular weight excluding hydrogens is 316 g/mol. The molecular formula is C18H20N6O. The number of hydrogen-bond donors (Lipinski definition) is 1. The molecule has 3 aromatic rings. The van der Waals surface area contributed by atoms with Gasteiger partial charge in [0, 0.05) is 32.0 Å². The first kappa shape index (κ1) is 15.7. The molecule has 0 atom stereocenters. The summed E-state index contributed by atoms with van der Waals surface area (Å²) in [6.07, 6.45) is 4.25. The van der Waals surface area contributed by atoms with Crippen LogP contribution >= 0.6 is 0 Å². The van der Waals surface area contributed by atoms with E-state index < -0.39 is 0 Å². The number of ether oxygens (including phenoxy) is 1. The Morgan fingerprint density at radius 2 is 1.80 bits per heavy atom. The van der Waals surface area contributed by atoms with E-state index in [1.54, 1.807) is 12.4 Å². The van der Waals surface area contributed by atoms with Crippen molar-refractivity contribution in [2.75, 3.05) is 43.1 Å². The maximum absolute atomic E-state index is 5.44. The van der Waals surface area contributed by atoms with Gasteiger partial charge in [0.25, 0.3) is 0 Å². The van der Waals surface area contributed by atoms with Gasteiger partial charge in [0.1, 0.15) is 0 Å². The second-order valence-electron chi connectivity index (χ2n) is 5.86. The lowest BCUT2D eigenvalue weighted by Gasteiger charge is -2.28. The number of aromatic nitrogens is 4. The Morgan fingerprint density at radius 3 is 2.64 bits per heavy atom. The average Bonchev–Trinajstić information content (AvgIpc) is 2.69. The van der Waals surface area contributed by atoms with Crippen molar-refractivity contribution < 1.29 is 4.74 Å². The van der Waals surface area contributed by atoms with Gasteiger partial charge in [-0.05, 0) is 12.0 Å². The first-order valence-corrected chi connectivity index (χ1v) is 8.49. The van der Waals surface area contributed by atoms with Crippen molar-refractivity contribution in [1.82, 2.24) is 19.9 Å². The second-order valence-corrected chi connectivity index (χ2v) is 5.86. The van der Waals surface area contributed by atoms with Crippen molar-refractivity contribution in [2.24, 2.45) is 0 Å². The minimum atomic E-state index is 0.588. The predicted octanol–water partition coefficient (Wildman–Crippen LogP) is 1.91. The Morgan fingerprint density at radius 1 is 1.00 bits per heavy atom. The number of nitrogens with zero attached hydrogens (tertiary/aromatic N) is 5. The molecule has 4 rings (SSSR count). The van der Waals surface area contributed by atoms with Crippen molar-refractivity contribution in [3.8, 4) is 0 Å². The summed E-state index contributed by atoms with van der Waals surface area (Å²) in [7, 11) is 0. The van der Waals surface area contributed by atoms with E-state index in [2.05, 4.69) is 37.3 Å². The fourth-order valence-corrected chi connectivity index (χ4v) is 2.89. The zero-order chi connectivity index (χ0) is 16.9. The fourth-order valence-electron chi connectivity index (χ4n) is 2.89. The van der Waals surface area contributed by atoms with E-state index in [4.69, 9.17) is 9.72 Å². The average molecular weight is 336 g/mol. The summed E-state index contributed by atoms with van der Waals surface area (Å²) in [5.74, 6) is 1.41. The first-order chi connectivity index (χ1) is 12.4. The summed E-state index contributed by atoms with van der Waals surface area (Å²) in [5, 5.41) is 3.32. The Bertz CT molecular complexity index is 835. The Balaban J connectivity index is 1.56. The predicted molar refractivity (Wildman–Crippen MR) is 96.8 cm³/mol. The lowest BCUT2D eigenvalue weighted by atomic mass is 10.1. The summed E-state index contributed by atoms with van der Waals surface area (Å²) < 4.78 is 5.44. The zero-order valence-electron chi connectivity index (χ0n) is 13.9. The third kappa shape index (κ3) is 3.66. The summed E-state index contributed by atoms with van der Waals surface area (Å²) in [6, 6.07) is 10.4.